The molecule has 0 saturated carbocycles. The van der Waals surface area contributed by atoms with E-state index in [4.69, 9.17) is 23.2 Å². The number of fused-ring (bicyclic) bond motifs is 1. The Hall–Kier alpha value is -1.91. The van der Waals surface area contributed by atoms with E-state index in [1.807, 2.05) is 0 Å². The Morgan fingerprint density at radius 3 is 2.73 bits per heavy atom. The van der Waals surface area contributed by atoms with Crippen LogP contribution in [0.4, 0.5) is 10.1 Å². The molecule has 2 aromatic rings. The van der Waals surface area contributed by atoms with Crippen molar-refractivity contribution in [2.45, 2.75) is 6.04 Å². The zero-order valence-electron chi connectivity index (χ0n) is 11.3. The number of rotatable bonds is 2. The van der Waals surface area contributed by atoms with Crippen LogP contribution in [-0.2, 0) is 4.79 Å². The van der Waals surface area contributed by atoms with Crippen LogP contribution in [0.25, 0.3) is 0 Å². The molecule has 0 radical (unpaired) electrons. The van der Waals surface area contributed by atoms with E-state index >= 15 is 0 Å². The van der Waals surface area contributed by atoms with Crippen molar-refractivity contribution in [3.8, 4) is 0 Å². The molecule has 3 nitrogen and oxygen atoms in total. The van der Waals surface area contributed by atoms with Crippen molar-refractivity contribution in [2.24, 2.45) is 4.99 Å². The number of nitrogens with one attached hydrogen (secondary N) is 1. The van der Waals surface area contributed by atoms with Crippen molar-refractivity contribution >= 4 is 40.9 Å². The number of benzene rings is 2. The average Bonchev–Trinajstić information content (AvgIpc) is 2.71. The normalized spacial score (nSPS) is 17.0. The minimum absolute atomic E-state index is 0.190. The maximum absolute atomic E-state index is 14.2. The van der Waals surface area contributed by atoms with E-state index in [1.165, 1.54) is 6.07 Å². The molecule has 0 spiro atoms. The van der Waals surface area contributed by atoms with Crippen LogP contribution < -0.4 is 5.32 Å². The molecule has 1 heterocycles. The summed E-state index contributed by atoms with van der Waals surface area (Å²) in [5.74, 6) is -0.409. The highest BCUT2D eigenvalue weighted by molar-refractivity contribution is 6.45. The summed E-state index contributed by atoms with van der Waals surface area (Å²) < 4.78 is 14.2. The monoisotopic (exact) mass is 336 g/mol. The van der Waals surface area contributed by atoms with Crippen LogP contribution in [0.1, 0.15) is 11.1 Å². The Bertz CT molecular complexity index is 777. The lowest BCUT2D eigenvalue weighted by atomic mass is 10.00. The van der Waals surface area contributed by atoms with Gasteiger partial charge in [0.25, 0.3) is 0 Å². The van der Waals surface area contributed by atoms with Crippen molar-refractivity contribution in [1.29, 1.82) is 0 Å². The first-order valence-electron chi connectivity index (χ1n) is 6.61. The molecule has 0 fully saturated rings. The topological polar surface area (TPSA) is 41.5 Å². The van der Waals surface area contributed by atoms with E-state index in [9.17, 15) is 9.18 Å². The Labute approximate surface area is 136 Å². The van der Waals surface area contributed by atoms with Gasteiger partial charge in [-0.2, -0.15) is 0 Å². The maximum atomic E-state index is 14.2. The molecule has 6 heteroatoms. The summed E-state index contributed by atoms with van der Waals surface area (Å²) in [5.41, 5.74) is 1.81. The van der Waals surface area contributed by atoms with Gasteiger partial charge in [0.1, 0.15) is 18.1 Å². The molecule has 0 aromatic heterocycles. The minimum atomic E-state index is -0.500. The van der Waals surface area contributed by atoms with Gasteiger partial charge >= 0.3 is 0 Å². The first kappa shape index (κ1) is 15.0. The van der Waals surface area contributed by atoms with Crippen LogP contribution >= 0.6 is 23.2 Å². The van der Waals surface area contributed by atoms with Gasteiger partial charge in [-0.25, -0.2) is 4.39 Å². The summed E-state index contributed by atoms with van der Waals surface area (Å²) in [5, 5.41) is 3.67. The van der Waals surface area contributed by atoms with E-state index in [2.05, 4.69) is 10.3 Å². The lowest BCUT2D eigenvalue weighted by Gasteiger charge is -2.15. The molecule has 3 rings (SSSR count). The molecule has 0 saturated heterocycles. The van der Waals surface area contributed by atoms with E-state index in [0.29, 0.717) is 27.5 Å². The fourth-order valence-electron chi connectivity index (χ4n) is 2.37. The standard InChI is InChI=1S/C16H11Cl2FN2O/c17-11-5-6-13-14(15(11)18)16(20-7-9(8-22)21-13)10-3-1-2-4-12(10)19/h1-6,8-9,21H,7H2. The number of aldehydes is 1. The number of carbonyl (C=O) groups is 1. The van der Waals surface area contributed by atoms with Crippen LogP contribution in [0.15, 0.2) is 41.4 Å². The zero-order valence-corrected chi connectivity index (χ0v) is 12.8. The second-order valence-electron chi connectivity index (χ2n) is 4.84. The third-order valence-electron chi connectivity index (χ3n) is 3.41. The van der Waals surface area contributed by atoms with E-state index in [0.717, 1.165) is 6.29 Å². The van der Waals surface area contributed by atoms with Gasteiger partial charge in [-0.1, -0.05) is 35.3 Å². The van der Waals surface area contributed by atoms with Crippen LogP contribution in [0.3, 0.4) is 0 Å². The Morgan fingerprint density at radius 2 is 2.00 bits per heavy atom. The minimum Gasteiger partial charge on any atom is -0.373 e. The number of hydrogen-bond donors (Lipinski definition) is 1. The van der Waals surface area contributed by atoms with E-state index < -0.39 is 11.9 Å². The fourth-order valence-corrected chi connectivity index (χ4v) is 2.78. The SMILES string of the molecule is O=CC1CN=C(c2ccccc2F)c2c(ccc(Cl)c2Cl)N1. The molecule has 22 heavy (non-hydrogen) atoms. The van der Waals surface area contributed by atoms with Crippen LogP contribution in [-0.4, -0.2) is 24.6 Å². The predicted molar refractivity (Wildman–Crippen MR) is 86.8 cm³/mol. The molecule has 0 bridgehead atoms. The van der Waals surface area contributed by atoms with Gasteiger partial charge in [-0.05, 0) is 24.3 Å². The van der Waals surface area contributed by atoms with Gasteiger partial charge in [0.15, 0.2) is 0 Å². The summed E-state index contributed by atoms with van der Waals surface area (Å²) in [6.45, 7) is 0.190. The number of anilines is 1. The molecule has 1 aliphatic heterocycles. The van der Waals surface area contributed by atoms with Crippen molar-refractivity contribution in [1.82, 2.24) is 0 Å². The zero-order chi connectivity index (χ0) is 15.7. The summed E-state index contributed by atoms with van der Waals surface area (Å²) in [4.78, 5) is 15.5. The quantitative estimate of drug-likeness (QED) is 0.843. The Morgan fingerprint density at radius 1 is 1.23 bits per heavy atom. The summed E-state index contributed by atoms with van der Waals surface area (Å²) in [6.07, 6.45) is 0.764. The molecule has 1 atom stereocenters. The molecule has 0 aliphatic carbocycles. The Kier molecular flexibility index (Phi) is 4.14. The van der Waals surface area contributed by atoms with E-state index in [-0.39, 0.29) is 11.6 Å². The molecule has 1 aliphatic rings. The lowest BCUT2D eigenvalue weighted by molar-refractivity contribution is -0.108. The predicted octanol–water partition coefficient (Wildman–Crippen LogP) is 3.96. The number of aliphatic imine (C=N–C) groups is 1. The average molecular weight is 337 g/mol. The molecular weight excluding hydrogens is 326 g/mol. The van der Waals surface area contributed by atoms with Gasteiger partial charge in [0.2, 0.25) is 0 Å². The molecule has 1 unspecified atom stereocenters. The number of hydrogen-bond acceptors (Lipinski definition) is 3. The second-order valence-corrected chi connectivity index (χ2v) is 5.63. The third kappa shape index (κ3) is 2.60. The molecular formula is C16H11Cl2FN2O. The van der Waals surface area contributed by atoms with Gasteiger partial charge in [-0.3, -0.25) is 4.99 Å². The van der Waals surface area contributed by atoms with Crippen molar-refractivity contribution in [3.63, 3.8) is 0 Å². The fraction of sp³-hybridized carbons (Fsp3) is 0.125. The molecule has 2 aromatic carbocycles. The number of carbonyl (C=O) groups excluding carboxylic acids is 1. The first-order chi connectivity index (χ1) is 10.6. The lowest BCUT2D eigenvalue weighted by Crippen LogP contribution is -2.23. The summed E-state index contributed by atoms with van der Waals surface area (Å²) in [7, 11) is 0. The van der Waals surface area contributed by atoms with E-state index in [1.54, 1.807) is 30.3 Å². The summed E-state index contributed by atoms with van der Waals surface area (Å²) >= 11 is 12.4. The van der Waals surface area contributed by atoms with Crippen LogP contribution in [0, 0.1) is 5.82 Å². The van der Waals surface area contributed by atoms with Crippen molar-refractivity contribution in [2.75, 3.05) is 11.9 Å². The largest absolute Gasteiger partial charge is 0.373 e. The van der Waals surface area contributed by atoms with Crippen LogP contribution in [0.2, 0.25) is 10.0 Å². The maximum Gasteiger partial charge on any atom is 0.144 e. The molecule has 1 N–H and O–H groups in total. The third-order valence-corrected chi connectivity index (χ3v) is 4.22. The van der Waals surface area contributed by atoms with Gasteiger partial charge < -0.3 is 10.1 Å². The first-order valence-corrected chi connectivity index (χ1v) is 7.37. The van der Waals surface area contributed by atoms with Crippen LogP contribution in [0.5, 0.6) is 0 Å². The van der Waals surface area contributed by atoms with Crippen molar-refractivity contribution in [3.05, 3.63) is 63.4 Å². The highest BCUT2D eigenvalue weighted by atomic mass is 35.5. The highest BCUT2D eigenvalue weighted by Crippen LogP contribution is 2.35. The van der Waals surface area contributed by atoms with Gasteiger partial charge in [-0.15, -0.1) is 0 Å². The Balaban J connectivity index is 2.27. The smallest absolute Gasteiger partial charge is 0.144 e. The van der Waals surface area contributed by atoms with Gasteiger partial charge in [0.05, 0.1) is 22.3 Å². The molecule has 0 amide bonds. The highest BCUT2D eigenvalue weighted by Gasteiger charge is 2.24. The number of halogens is 3. The summed E-state index contributed by atoms with van der Waals surface area (Å²) in [6, 6.07) is 9.13. The number of benzodiazepines with no additional fused rings is 1. The van der Waals surface area contributed by atoms with Crippen molar-refractivity contribution < 1.29 is 9.18 Å². The number of nitrogens with zero attached hydrogens (tertiary/aromatic N) is 1. The second kappa shape index (κ2) is 6.07. The molecule has 112 valence electrons. The van der Waals surface area contributed by atoms with Gasteiger partial charge in [0, 0.05) is 16.8 Å².